The number of aryl methyl sites for hydroxylation is 1. The van der Waals surface area contributed by atoms with Crippen LogP contribution in [0.25, 0.3) is 16.8 Å². The van der Waals surface area contributed by atoms with Crippen LogP contribution in [0.4, 0.5) is 5.82 Å². The minimum Gasteiger partial charge on any atom is -0.391 e. The van der Waals surface area contributed by atoms with E-state index in [1.54, 1.807) is 0 Å². The largest absolute Gasteiger partial charge is 0.391 e. The monoisotopic (exact) mass is 428 g/mol. The standard InChI is InChI=1S/C23H30ClN5O/c1-16-21(17-5-7-18(24)8-6-17)22-25-19(23(2,3)4)15-20(29(22)26-16)28-11-9-27(10-12-28)13-14-30/h5-8,15,30H,9-14H2,1-4H3/p+1. The lowest BCUT2D eigenvalue weighted by Crippen LogP contribution is -3.15. The first-order chi connectivity index (χ1) is 14.3. The van der Waals surface area contributed by atoms with Crippen LogP contribution >= 0.6 is 11.6 Å². The number of nitrogens with one attached hydrogen (secondary N) is 1. The molecule has 0 spiro atoms. The molecule has 1 aliphatic heterocycles. The minimum atomic E-state index is -0.0735. The molecule has 4 rings (SSSR count). The van der Waals surface area contributed by atoms with Gasteiger partial charge in [-0.3, -0.25) is 0 Å². The lowest BCUT2D eigenvalue weighted by atomic mass is 9.91. The van der Waals surface area contributed by atoms with E-state index in [0.29, 0.717) is 0 Å². The highest BCUT2D eigenvalue weighted by Gasteiger charge is 2.27. The first kappa shape index (κ1) is 21.1. The van der Waals surface area contributed by atoms with Crippen molar-refractivity contribution in [3.05, 3.63) is 46.7 Å². The molecule has 1 fully saturated rings. The summed E-state index contributed by atoms with van der Waals surface area (Å²) in [6, 6.07) is 10.1. The number of anilines is 1. The van der Waals surface area contributed by atoms with Gasteiger partial charge < -0.3 is 14.9 Å². The second-order valence-corrected chi connectivity index (χ2v) is 9.60. The minimum absolute atomic E-state index is 0.0735. The zero-order chi connectivity index (χ0) is 21.5. The lowest BCUT2D eigenvalue weighted by molar-refractivity contribution is -0.900. The number of benzene rings is 1. The SMILES string of the molecule is Cc1nn2c(N3CC[NH+](CCO)CC3)cc(C(C)(C)C)nc2c1-c1ccc(Cl)cc1. The third kappa shape index (κ3) is 4.04. The molecule has 7 heteroatoms. The number of aliphatic hydroxyl groups is 1. The smallest absolute Gasteiger partial charge is 0.165 e. The van der Waals surface area contributed by atoms with Crippen LogP contribution in [0, 0.1) is 6.92 Å². The first-order valence-electron chi connectivity index (χ1n) is 10.6. The highest BCUT2D eigenvalue weighted by Crippen LogP contribution is 2.33. The maximum atomic E-state index is 9.26. The number of quaternary nitrogens is 1. The zero-order valence-electron chi connectivity index (χ0n) is 18.2. The van der Waals surface area contributed by atoms with E-state index in [2.05, 4.69) is 31.7 Å². The van der Waals surface area contributed by atoms with Gasteiger partial charge >= 0.3 is 0 Å². The molecule has 0 unspecified atom stereocenters. The number of rotatable bonds is 4. The van der Waals surface area contributed by atoms with E-state index >= 15 is 0 Å². The first-order valence-corrected chi connectivity index (χ1v) is 11.0. The number of aromatic nitrogens is 3. The number of nitrogens with zero attached hydrogens (tertiary/aromatic N) is 4. The molecule has 6 nitrogen and oxygen atoms in total. The van der Waals surface area contributed by atoms with Crippen molar-refractivity contribution in [3.63, 3.8) is 0 Å². The Labute approximate surface area is 183 Å². The Hall–Kier alpha value is -2.15. The molecule has 0 aliphatic carbocycles. The topological polar surface area (TPSA) is 58.1 Å². The highest BCUT2D eigenvalue weighted by atomic mass is 35.5. The number of fused-ring (bicyclic) bond motifs is 1. The molecule has 1 aliphatic rings. The van der Waals surface area contributed by atoms with Gasteiger partial charge in [0.1, 0.15) is 12.4 Å². The number of hydrogen-bond acceptors (Lipinski definition) is 4. The normalized spacial score (nSPS) is 15.9. The van der Waals surface area contributed by atoms with Gasteiger partial charge in [-0.2, -0.15) is 9.61 Å². The van der Waals surface area contributed by atoms with Crippen molar-refractivity contribution < 1.29 is 10.0 Å². The molecule has 0 bridgehead atoms. The Morgan fingerprint density at radius 3 is 2.40 bits per heavy atom. The lowest BCUT2D eigenvalue weighted by Gasteiger charge is -2.34. The van der Waals surface area contributed by atoms with Crippen molar-refractivity contribution in [1.29, 1.82) is 0 Å². The Kier molecular flexibility index (Phi) is 5.75. The summed E-state index contributed by atoms with van der Waals surface area (Å²) < 4.78 is 2.01. The Morgan fingerprint density at radius 1 is 1.13 bits per heavy atom. The van der Waals surface area contributed by atoms with Crippen LogP contribution in [0.2, 0.25) is 5.02 Å². The summed E-state index contributed by atoms with van der Waals surface area (Å²) in [7, 11) is 0. The van der Waals surface area contributed by atoms with Gasteiger partial charge in [0.15, 0.2) is 5.65 Å². The maximum absolute atomic E-state index is 9.26. The van der Waals surface area contributed by atoms with Crippen molar-refractivity contribution in [2.24, 2.45) is 0 Å². The van der Waals surface area contributed by atoms with Gasteiger partial charge in [0.2, 0.25) is 0 Å². The zero-order valence-corrected chi connectivity index (χ0v) is 19.0. The van der Waals surface area contributed by atoms with Crippen LogP contribution in [0.15, 0.2) is 30.3 Å². The Morgan fingerprint density at radius 2 is 1.80 bits per heavy atom. The molecule has 0 amide bonds. The summed E-state index contributed by atoms with van der Waals surface area (Å²) >= 11 is 6.12. The van der Waals surface area contributed by atoms with Crippen LogP contribution in [0.1, 0.15) is 32.2 Å². The fraction of sp³-hybridized carbons (Fsp3) is 0.478. The highest BCUT2D eigenvalue weighted by molar-refractivity contribution is 6.30. The van der Waals surface area contributed by atoms with Gasteiger partial charge in [-0.05, 0) is 24.6 Å². The summed E-state index contributed by atoms with van der Waals surface area (Å²) in [4.78, 5) is 8.93. The van der Waals surface area contributed by atoms with Crippen LogP contribution < -0.4 is 9.80 Å². The third-order valence-electron chi connectivity index (χ3n) is 5.91. The molecule has 1 saturated heterocycles. The van der Waals surface area contributed by atoms with Gasteiger partial charge in [0, 0.05) is 22.1 Å². The molecule has 3 heterocycles. The van der Waals surface area contributed by atoms with Crippen LogP contribution in [-0.2, 0) is 5.41 Å². The Bertz CT molecular complexity index is 1030. The summed E-state index contributed by atoms with van der Waals surface area (Å²) in [6.45, 7) is 13.6. The van der Waals surface area contributed by atoms with Crippen LogP contribution in [0.5, 0.6) is 0 Å². The van der Waals surface area contributed by atoms with Crippen molar-refractivity contribution in [2.45, 2.75) is 33.1 Å². The van der Waals surface area contributed by atoms with Crippen molar-refractivity contribution in [3.8, 4) is 11.1 Å². The number of piperazine rings is 1. The molecule has 0 atom stereocenters. The van der Waals surface area contributed by atoms with Gasteiger partial charge in [-0.1, -0.05) is 44.5 Å². The van der Waals surface area contributed by atoms with Crippen molar-refractivity contribution >= 4 is 23.1 Å². The molecule has 0 saturated carbocycles. The quantitative estimate of drug-likeness (QED) is 0.669. The van der Waals surface area contributed by atoms with Gasteiger partial charge in [-0.25, -0.2) is 4.98 Å². The number of halogens is 1. The van der Waals surface area contributed by atoms with Crippen molar-refractivity contribution in [1.82, 2.24) is 14.6 Å². The van der Waals surface area contributed by atoms with E-state index in [4.69, 9.17) is 21.7 Å². The molecular weight excluding hydrogens is 398 g/mol. The average Bonchev–Trinajstić information content (AvgIpc) is 3.04. The van der Waals surface area contributed by atoms with Gasteiger partial charge in [0.25, 0.3) is 0 Å². The molecule has 2 aromatic heterocycles. The third-order valence-corrected chi connectivity index (χ3v) is 6.16. The molecule has 1 aromatic carbocycles. The second kappa shape index (κ2) is 8.17. The number of aliphatic hydroxyl groups excluding tert-OH is 1. The van der Waals surface area contributed by atoms with Crippen LogP contribution in [-0.4, -0.2) is 59.0 Å². The number of hydrogen-bond donors (Lipinski definition) is 2. The predicted octanol–water partition coefficient (Wildman–Crippen LogP) is 2.35. The molecule has 2 N–H and O–H groups in total. The van der Waals surface area contributed by atoms with E-state index in [1.807, 2.05) is 35.7 Å². The van der Waals surface area contributed by atoms with E-state index < -0.39 is 0 Å². The molecular formula is C23H31ClN5O+. The molecule has 30 heavy (non-hydrogen) atoms. The van der Waals surface area contributed by atoms with Gasteiger partial charge in [0.05, 0.1) is 44.2 Å². The van der Waals surface area contributed by atoms with Gasteiger partial charge in [-0.15, -0.1) is 0 Å². The predicted molar refractivity (Wildman–Crippen MR) is 122 cm³/mol. The fourth-order valence-corrected chi connectivity index (χ4v) is 4.26. The Balaban J connectivity index is 1.84. The summed E-state index contributed by atoms with van der Waals surface area (Å²) in [5.74, 6) is 1.09. The second-order valence-electron chi connectivity index (χ2n) is 9.16. The molecule has 160 valence electrons. The average molecular weight is 429 g/mol. The fourth-order valence-electron chi connectivity index (χ4n) is 4.13. The van der Waals surface area contributed by atoms with E-state index in [0.717, 1.165) is 71.7 Å². The summed E-state index contributed by atoms with van der Waals surface area (Å²) in [5.41, 5.74) is 4.97. The molecule has 3 aromatic rings. The summed E-state index contributed by atoms with van der Waals surface area (Å²) in [5, 5.41) is 14.9. The maximum Gasteiger partial charge on any atom is 0.165 e. The van der Waals surface area contributed by atoms with Crippen molar-refractivity contribution in [2.75, 3.05) is 44.2 Å². The van der Waals surface area contributed by atoms with E-state index in [-0.39, 0.29) is 12.0 Å². The van der Waals surface area contributed by atoms with E-state index in [1.165, 1.54) is 4.90 Å². The van der Waals surface area contributed by atoms with E-state index in [9.17, 15) is 5.11 Å². The van der Waals surface area contributed by atoms with Crippen LogP contribution in [0.3, 0.4) is 0 Å². The molecule has 0 radical (unpaired) electrons. The summed E-state index contributed by atoms with van der Waals surface area (Å²) in [6.07, 6.45) is 0.